The van der Waals surface area contributed by atoms with Gasteiger partial charge >= 0.3 is 16.0 Å². The van der Waals surface area contributed by atoms with Crippen LogP contribution in [0.25, 0.3) is 0 Å². The summed E-state index contributed by atoms with van der Waals surface area (Å²) in [7, 11) is 0. The highest BCUT2D eigenvalue weighted by Gasteiger charge is 2.63. The predicted octanol–water partition coefficient (Wildman–Crippen LogP) is 4.64. The Morgan fingerprint density at radius 1 is 0.529 bits per heavy atom. The predicted molar refractivity (Wildman–Crippen MR) is 79.2 cm³/mol. The van der Waals surface area contributed by atoms with Gasteiger partial charge in [0, 0.05) is 0 Å². The molecule has 0 atom stereocenters. The van der Waals surface area contributed by atoms with E-state index in [1.807, 2.05) is 0 Å². The molecule has 7 rings (SSSR count). The molecule has 3 heteroatoms. The molecule has 0 radical (unpaired) electrons. The zero-order chi connectivity index (χ0) is 11.6. The number of hydrogen-bond donors (Lipinski definition) is 0. The minimum Gasteiger partial charge on any atom is -0.280 e. The molecule has 0 aromatic carbocycles. The zero-order valence-electron chi connectivity index (χ0n) is 10.3. The second-order valence-electron chi connectivity index (χ2n) is 7.23. The molecule has 0 aliphatic heterocycles. The number of hydrogen-bond acceptors (Lipinski definition) is 0. The van der Waals surface area contributed by atoms with Crippen molar-refractivity contribution < 1.29 is 0 Å². The number of rotatable bonds is 0. The molecule has 0 unspecified atom stereocenters. The van der Waals surface area contributed by atoms with E-state index < -0.39 is 0 Å². The molecule has 92 valence electrons. The Labute approximate surface area is 127 Å². The summed E-state index contributed by atoms with van der Waals surface area (Å²) in [6.07, 6.45) is 9.93. The fourth-order valence-electron chi connectivity index (χ4n) is 6.89. The summed E-state index contributed by atoms with van der Waals surface area (Å²) < 4.78 is 0. The van der Waals surface area contributed by atoms with E-state index in [0.29, 0.717) is 0 Å². The lowest BCUT2D eigenvalue weighted by Crippen LogP contribution is -2.62. The van der Waals surface area contributed by atoms with Crippen LogP contribution in [0.4, 0.5) is 0 Å². The lowest BCUT2D eigenvalue weighted by molar-refractivity contribution is -0.202. The maximum absolute atomic E-state index is 3.20. The summed E-state index contributed by atoms with van der Waals surface area (Å²) in [5, 5.41) is 0. The molecular weight excluding hydrogens is 352 g/mol. The minimum absolute atomic E-state index is 0.0417. The molecule has 0 amide bonds. The van der Waals surface area contributed by atoms with E-state index in [1.165, 1.54) is 47.3 Å². The standard InChI is InChI=1S/C14H20.2BrH.Mg/c1-7-2-12-10-4-8-5-11(9(1)10)13(3-7)14(12)6-8;;;/h7-14H,1-6H2;2*1H;/q;;;+2/p-2. The molecule has 7 saturated carbocycles. The molecule has 7 fully saturated rings. The molecule has 0 saturated heterocycles. The topological polar surface area (TPSA) is 0 Å². The molecule has 0 heterocycles. The average Bonchev–Trinajstić information content (AvgIpc) is 2.36. The van der Waals surface area contributed by atoms with Crippen LogP contribution >= 0.6 is 25.8 Å². The van der Waals surface area contributed by atoms with Gasteiger partial charge in [0.15, 0.2) is 0 Å². The molecule has 8 bridgehead atoms. The van der Waals surface area contributed by atoms with Crippen LogP contribution in [0, 0.1) is 47.3 Å². The van der Waals surface area contributed by atoms with Gasteiger partial charge in [0.1, 0.15) is 0 Å². The van der Waals surface area contributed by atoms with Crippen LogP contribution in [0.15, 0.2) is 0 Å². The number of halogens is 2. The molecule has 0 aromatic heterocycles. The highest BCUT2D eigenvalue weighted by atomic mass is 79.9. The van der Waals surface area contributed by atoms with E-state index in [2.05, 4.69) is 25.8 Å². The second-order valence-corrected chi connectivity index (χ2v) is 15.3. The minimum atomic E-state index is 0.0417. The SMILES string of the molecule is C1C2CC3C4CC5CC(C14)C(C2)C3C5.[Br][Mg][Br]. The monoisotopic (exact) mass is 370 g/mol. The first-order chi connectivity index (χ1) is 8.31. The summed E-state index contributed by atoms with van der Waals surface area (Å²) >= 11 is 6.44. The first kappa shape index (κ1) is 12.5. The van der Waals surface area contributed by atoms with E-state index in [-0.39, 0.29) is 16.0 Å². The van der Waals surface area contributed by atoms with Gasteiger partial charge in [-0.25, -0.2) is 0 Å². The first-order valence-corrected chi connectivity index (χ1v) is 15.2. The average molecular weight is 372 g/mol. The quantitative estimate of drug-likeness (QED) is 0.544. The summed E-state index contributed by atoms with van der Waals surface area (Å²) in [6, 6.07) is 0. The first-order valence-electron chi connectivity index (χ1n) is 7.43. The van der Waals surface area contributed by atoms with Crippen LogP contribution in [0.2, 0.25) is 0 Å². The van der Waals surface area contributed by atoms with Gasteiger partial charge in [-0.2, -0.15) is 0 Å². The van der Waals surface area contributed by atoms with E-state index in [0.717, 1.165) is 0 Å². The molecule has 0 N–H and O–H groups in total. The van der Waals surface area contributed by atoms with Crippen molar-refractivity contribution in [1.29, 1.82) is 0 Å². The van der Waals surface area contributed by atoms with Gasteiger partial charge in [-0.15, -0.1) is 0 Å². The maximum Gasteiger partial charge on any atom is 0.560 e. The van der Waals surface area contributed by atoms with Crippen molar-refractivity contribution in [2.45, 2.75) is 38.5 Å². The van der Waals surface area contributed by atoms with E-state index in [1.54, 1.807) is 38.5 Å². The van der Waals surface area contributed by atoms with Crippen molar-refractivity contribution in [3.63, 3.8) is 0 Å². The summed E-state index contributed by atoms with van der Waals surface area (Å²) in [4.78, 5) is 0. The Morgan fingerprint density at radius 2 is 0.706 bits per heavy atom. The van der Waals surface area contributed by atoms with Gasteiger partial charge in [-0.05, 0) is 85.9 Å². The Kier molecular flexibility index (Phi) is 3.40. The highest BCUT2D eigenvalue weighted by Crippen LogP contribution is 2.71. The zero-order valence-corrected chi connectivity index (χ0v) is 14.9. The lowest BCUT2D eigenvalue weighted by Gasteiger charge is -2.69. The molecule has 0 aromatic rings. The largest absolute Gasteiger partial charge is 0.560 e. The summed E-state index contributed by atoms with van der Waals surface area (Å²) in [6.45, 7) is 0. The Bertz CT molecular complexity index is 232. The fraction of sp³-hybridized carbons (Fsp3) is 1.00. The van der Waals surface area contributed by atoms with E-state index in [9.17, 15) is 0 Å². The Balaban J connectivity index is 0.000000246. The molecule has 7 aliphatic carbocycles. The second kappa shape index (κ2) is 4.63. The molecule has 0 nitrogen and oxygen atoms in total. The summed E-state index contributed by atoms with van der Waals surface area (Å²) in [5.74, 6) is 9.74. The van der Waals surface area contributed by atoms with Gasteiger partial charge in [-0.1, -0.05) is 0 Å². The van der Waals surface area contributed by atoms with E-state index in [4.69, 9.17) is 0 Å². The van der Waals surface area contributed by atoms with Crippen LogP contribution in [-0.4, -0.2) is 16.0 Å². The molecular formula is C14H20Br2Mg. The fourth-order valence-corrected chi connectivity index (χ4v) is 6.89. The maximum atomic E-state index is 3.20. The van der Waals surface area contributed by atoms with Crippen LogP contribution in [-0.2, 0) is 0 Å². The van der Waals surface area contributed by atoms with Crippen molar-refractivity contribution in [3.8, 4) is 0 Å². The molecule has 0 spiro atoms. The van der Waals surface area contributed by atoms with Crippen molar-refractivity contribution >= 4 is 41.8 Å². The van der Waals surface area contributed by atoms with Crippen molar-refractivity contribution in [3.05, 3.63) is 0 Å². The van der Waals surface area contributed by atoms with Gasteiger partial charge in [0.05, 0.1) is 0 Å². The van der Waals surface area contributed by atoms with Crippen LogP contribution in [0.3, 0.4) is 0 Å². The van der Waals surface area contributed by atoms with Crippen molar-refractivity contribution in [2.24, 2.45) is 47.3 Å². The van der Waals surface area contributed by atoms with Gasteiger partial charge in [-0.3, -0.25) is 25.8 Å². The summed E-state index contributed by atoms with van der Waals surface area (Å²) in [5.41, 5.74) is 0. The van der Waals surface area contributed by atoms with Crippen LogP contribution in [0.1, 0.15) is 38.5 Å². The third-order valence-electron chi connectivity index (χ3n) is 6.93. The normalized spacial score (nSPS) is 59.9. The van der Waals surface area contributed by atoms with Crippen molar-refractivity contribution in [1.82, 2.24) is 0 Å². The van der Waals surface area contributed by atoms with Gasteiger partial charge in [0.2, 0.25) is 0 Å². The van der Waals surface area contributed by atoms with Crippen molar-refractivity contribution in [2.75, 3.05) is 0 Å². The van der Waals surface area contributed by atoms with Gasteiger partial charge < -0.3 is 0 Å². The Hall–Kier alpha value is 1.73. The highest BCUT2D eigenvalue weighted by molar-refractivity contribution is 9.47. The van der Waals surface area contributed by atoms with Crippen LogP contribution in [0.5, 0.6) is 0 Å². The Morgan fingerprint density at radius 3 is 0.882 bits per heavy atom. The van der Waals surface area contributed by atoms with Gasteiger partial charge in [0.25, 0.3) is 0 Å². The van der Waals surface area contributed by atoms with E-state index >= 15 is 0 Å². The molecule has 7 aliphatic rings. The smallest absolute Gasteiger partial charge is 0.280 e. The molecule has 17 heavy (non-hydrogen) atoms. The third-order valence-corrected chi connectivity index (χ3v) is 6.93. The third kappa shape index (κ3) is 1.77. The lowest BCUT2D eigenvalue weighted by atomic mass is 9.36. The van der Waals surface area contributed by atoms with Crippen LogP contribution < -0.4 is 0 Å².